The van der Waals surface area contributed by atoms with Crippen molar-refractivity contribution in [2.75, 3.05) is 5.75 Å². The van der Waals surface area contributed by atoms with E-state index in [1.165, 1.54) is 23.8 Å². The van der Waals surface area contributed by atoms with Crippen LogP contribution >= 0.6 is 12.6 Å². The average Bonchev–Trinajstić information content (AvgIpc) is 2.21. The third kappa shape index (κ3) is 2.73. The van der Waals surface area contributed by atoms with Gasteiger partial charge < -0.3 is 4.57 Å². The molecule has 0 N–H and O–H groups in total. The SMILES string of the molecule is C=C(CS)Cn1cc([N+](=O)[O-])c(C)cc1=O. The fraction of sp³-hybridized carbons (Fsp3) is 0.300. The van der Waals surface area contributed by atoms with Crippen LogP contribution in [0.1, 0.15) is 5.56 Å². The van der Waals surface area contributed by atoms with Gasteiger partial charge in [-0.2, -0.15) is 12.6 Å². The van der Waals surface area contributed by atoms with Gasteiger partial charge in [-0.25, -0.2) is 0 Å². The lowest BCUT2D eigenvalue weighted by Crippen LogP contribution is -2.21. The Morgan fingerprint density at radius 1 is 1.69 bits per heavy atom. The van der Waals surface area contributed by atoms with Gasteiger partial charge in [0.05, 0.1) is 11.1 Å². The Kier molecular flexibility index (Phi) is 3.89. The van der Waals surface area contributed by atoms with E-state index in [2.05, 4.69) is 19.2 Å². The van der Waals surface area contributed by atoms with Crippen molar-refractivity contribution in [1.29, 1.82) is 0 Å². The molecular weight excluding hydrogens is 228 g/mol. The molecule has 0 fully saturated rings. The van der Waals surface area contributed by atoms with Crippen molar-refractivity contribution in [1.82, 2.24) is 4.57 Å². The first-order chi connectivity index (χ1) is 7.45. The highest BCUT2D eigenvalue weighted by Crippen LogP contribution is 2.14. The van der Waals surface area contributed by atoms with E-state index < -0.39 is 4.92 Å². The summed E-state index contributed by atoms with van der Waals surface area (Å²) in [7, 11) is 0. The van der Waals surface area contributed by atoms with Crippen LogP contribution in [0.15, 0.2) is 29.2 Å². The monoisotopic (exact) mass is 240 g/mol. The highest BCUT2D eigenvalue weighted by atomic mass is 32.1. The summed E-state index contributed by atoms with van der Waals surface area (Å²) in [5, 5.41) is 10.7. The number of nitro groups is 1. The second kappa shape index (κ2) is 4.98. The fourth-order valence-corrected chi connectivity index (χ4v) is 1.36. The Balaban J connectivity index is 3.20. The first-order valence-electron chi connectivity index (χ1n) is 4.58. The summed E-state index contributed by atoms with van der Waals surface area (Å²) in [6.07, 6.45) is 1.24. The standard InChI is InChI=1S/C10H12N2O3S/c1-7(6-16)4-11-5-9(12(14)15)8(2)3-10(11)13/h3,5,16H,1,4,6H2,2H3. The van der Waals surface area contributed by atoms with Gasteiger partial charge >= 0.3 is 0 Å². The summed E-state index contributed by atoms with van der Waals surface area (Å²) in [5.41, 5.74) is 0.754. The quantitative estimate of drug-likeness (QED) is 0.376. The van der Waals surface area contributed by atoms with Crippen molar-refractivity contribution in [2.24, 2.45) is 0 Å². The topological polar surface area (TPSA) is 65.1 Å². The van der Waals surface area contributed by atoms with Crippen LogP contribution in [-0.2, 0) is 6.54 Å². The molecule has 0 aromatic carbocycles. The zero-order chi connectivity index (χ0) is 12.3. The maximum Gasteiger partial charge on any atom is 0.288 e. The molecule has 16 heavy (non-hydrogen) atoms. The van der Waals surface area contributed by atoms with Crippen molar-refractivity contribution in [3.8, 4) is 0 Å². The summed E-state index contributed by atoms with van der Waals surface area (Å²) >= 11 is 4.02. The lowest BCUT2D eigenvalue weighted by Gasteiger charge is -2.07. The predicted octanol–water partition coefficient (Wildman–Crippen LogP) is 1.55. The van der Waals surface area contributed by atoms with E-state index in [0.29, 0.717) is 11.3 Å². The highest BCUT2D eigenvalue weighted by molar-refractivity contribution is 7.80. The molecule has 0 amide bonds. The van der Waals surface area contributed by atoms with E-state index >= 15 is 0 Å². The third-order valence-electron chi connectivity index (χ3n) is 2.12. The van der Waals surface area contributed by atoms with Gasteiger partial charge in [0.1, 0.15) is 0 Å². The van der Waals surface area contributed by atoms with E-state index in [-0.39, 0.29) is 17.8 Å². The van der Waals surface area contributed by atoms with Gasteiger partial charge in [0.15, 0.2) is 0 Å². The minimum atomic E-state index is -0.505. The van der Waals surface area contributed by atoms with Crippen molar-refractivity contribution >= 4 is 18.3 Å². The summed E-state index contributed by atoms with van der Waals surface area (Å²) in [6.45, 7) is 5.49. The second-order valence-electron chi connectivity index (χ2n) is 3.47. The Bertz CT molecular complexity index is 493. The fourth-order valence-electron chi connectivity index (χ4n) is 1.26. The second-order valence-corrected chi connectivity index (χ2v) is 3.79. The zero-order valence-corrected chi connectivity index (χ0v) is 9.74. The molecule has 0 aliphatic carbocycles. The summed E-state index contributed by atoms with van der Waals surface area (Å²) in [6, 6.07) is 1.25. The van der Waals surface area contributed by atoms with Gasteiger partial charge in [0.2, 0.25) is 0 Å². The molecule has 0 aliphatic rings. The van der Waals surface area contributed by atoms with Gasteiger partial charge in [0.25, 0.3) is 11.2 Å². The average molecular weight is 240 g/mol. The number of nitrogens with zero attached hydrogens (tertiary/aromatic N) is 2. The number of aryl methyl sites for hydroxylation is 1. The maximum atomic E-state index is 11.5. The van der Waals surface area contributed by atoms with E-state index in [1.807, 2.05) is 0 Å². The van der Waals surface area contributed by atoms with E-state index in [0.717, 1.165) is 5.57 Å². The van der Waals surface area contributed by atoms with Crippen LogP contribution in [0.5, 0.6) is 0 Å². The highest BCUT2D eigenvalue weighted by Gasteiger charge is 2.13. The molecule has 1 aromatic heterocycles. The molecule has 1 heterocycles. The molecule has 1 rings (SSSR count). The molecule has 6 heteroatoms. The van der Waals surface area contributed by atoms with E-state index in [9.17, 15) is 14.9 Å². The van der Waals surface area contributed by atoms with Crippen LogP contribution in [0.25, 0.3) is 0 Å². The number of hydrogen-bond donors (Lipinski definition) is 1. The molecule has 0 spiro atoms. The van der Waals surface area contributed by atoms with Gasteiger partial charge in [-0.15, -0.1) is 0 Å². The largest absolute Gasteiger partial charge is 0.305 e. The maximum absolute atomic E-state index is 11.5. The van der Waals surface area contributed by atoms with Gasteiger partial charge in [0, 0.05) is 23.9 Å². The Labute approximate surface area is 98.0 Å². The molecule has 0 atom stereocenters. The van der Waals surface area contributed by atoms with Crippen LogP contribution in [0.3, 0.4) is 0 Å². The Morgan fingerprint density at radius 2 is 2.31 bits per heavy atom. The van der Waals surface area contributed by atoms with Gasteiger partial charge in [-0.05, 0) is 12.5 Å². The molecule has 0 saturated heterocycles. The first-order valence-corrected chi connectivity index (χ1v) is 5.22. The smallest absolute Gasteiger partial charge is 0.288 e. The van der Waals surface area contributed by atoms with Crippen molar-refractivity contribution in [3.63, 3.8) is 0 Å². The summed E-state index contributed by atoms with van der Waals surface area (Å²) in [4.78, 5) is 21.7. The van der Waals surface area contributed by atoms with Crippen LogP contribution < -0.4 is 5.56 Å². The third-order valence-corrected chi connectivity index (χ3v) is 2.57. The molecule has 0 aliphatic heterocycles. The first kappa shape index (κ1) is 12.5. The molecule has 5 nitrogen and oxygen atoms in total. The minimum Gasteiger partial charge on any atom is -0.305 e. The summed E-state index contributed by atoms with van der Waals surface area (Å²) in [5.74, 6) is 0.439. The van der Waals surface area contributed by atoms with Crippen LogP contribution in [0.4, 0.5) is 5.69 Å². The van der Waals surface area contributed by atoms with Crippen molar-refractivity contribution in [3.05, 3.63) is 50.4 Å². The van der Waals surface area contributed by atoms with Crippen LogP contribution in [-0.4, -0.2) is 15.2 Å². The molecule has 86 valence electrons. The van der Waals surface area contributed by atoms with Crippen molar-refractivity contribution in [2.45, 2.75) is 13.5 Å². The van der Waals surface area contributed by atoms with E-state index in [1.54, 1.807) is 0 Å². The number of rotatable bonds is 4. The molecule has 1 aromatic rings. The number of aromatic nitrogens is 1. The number of thiol groups is 1. The Morgan fingerprint density at radius 3 is 2.81 bits per heavy atom. The van der Waals surface area contributed by atoms with Crippen LogP contribution in [0.2, 0.25) is 0 Å². The Hall–Kier alpha value is -1.56. The predicted molar refractivity (Wildman–Crippen MR) is 65.1 cm³/mol. The molecule has 0 unspecified atom stereocenters. The van der Waals surface area contributed by atoms with Gasteiger partial charge in [-0.1, -0.05) is 6.58 Å². The lowest BCUT2D eigenvalue weighted by molar-refractivity contribution is -0.385. The molecule has 0 radical (unpaired) electrons. The lowest BCUT2D eigenvalue weighted by atomic mass is 10.2. The zero-order valence-electron chi connectivity index (χ0n) is 8.84. The number of pyridine rings is 1. The normalized spacial score (nSPS) is 10.1. The van der Waals surface area contributed by atoms with E-state index in [4.69, 9.17) is 0 Å². The minimum absolute atomic E-state index is 0.0634. The summed E-state index contributed by atoms with van der Waals surface area (Å²) < 4.78 is 1.27. The number of hydrogen-bond acceptors (Lipinski definition) is 4. The molecular formula is C10H12N2O3S. The van der Waals surface area contributed by atoms with Gasteiger partial charge in [-0.3, -0.25) is 14.9 Å². The molecule has 0 saturated carbocycles. The van der Waals surface area contributed by atoms with Crippen LogP contribution in [0, 0.1) is 17.0 Å². The molecule has 0 bridgehead atoms. The van der Waals surface area contributed by atoms with Crippen molar-refractivity contribution < 1.29 is 4.92 Å².